The maximum absolute atomic E-state index is 12.9. The molecule has 0 aromatic heterocycles. The molecule has 1 fully saturated rings. The highest BCUT2D eigenvalue weighted by molar-refractivity contribution is 8.18. The zero-order chi connectivity index (χ0) is 23.5. The molecule has 6 nitrogen and oxygen atoms in total. The molecular weight excluding hydrogens is 462 g/mol. The maximum atomic E-state index is 12.9. The first-order valence-corrected chi connectivity index (χ1v) is 11.3. The second-order valence-electron chi connectivity index (χ2n) is 7.63. The molecule has 0 aliphatic carbocycles. The number of ether oxygens (including phenoxy) is 2. The lowest BCUT2D eigenvalue weighted by molar-refractivity contribution is -0.123. The Morgan fingerprint density at radius 2 is 1.64 bits per heavy atom. The number of imide groups is 1. The summed E-state index contributed by atoms with van der Waals surface area (Å²) in [6, 6.07) is 11.0. The lowest BCUT2D eigenvalue weighted by Gasteiger charge is -2.14. The van der Waals surface area contributed by atoms with Crippen molar-refractivity contribution in [2.24, 2.45) is 0 Å². The molecule has 8 heteroatoms. The number of nitrogens with zero attached hydrogens (tertiary/aromatic N) is 1. The Hall–Kier alpha value is -3.29. The van der Waals surface area contributed by atoms with Crippen LogP contribution in [0.4, 0.5) is 4.79 Å². The van der Waals surface area contributed by atoms with Gasteiger partial charge in [0.15, 0.2) is 11.5 Å². The number of benzene rings is 2. The zero-order valence-corrected chi connectivity index (χ0v) is 19.5. The lowest BCUT2D eigenvalue weighted by atomic mass is 10.1. The van der Waals surface area contributed by atoms with Gasteiger partial charge in [-0.2, -0.15) is 0 Å². The van der Waals surface area contributed by atoms with Crippen molar-refractivity contribution in [3.8, 4) is 11.5 Å². The van der Waals surface area contributed by atoms with Gasteiger partial charge < -0.3 is 9.47 Å². The van der Waals surface area contributed by atoms with E-state index in [0.717, 1.165) is 34.7 Å². The number of rotatable bonds is 6. The summed E-state index contributed by atoms with van der Waals surface area (Å²) in [5.74, 6) is 0.719. The van der Waals surface area contributed by atoms with Gasteiger partial charge in [0.1, 0.15) is 6.29 Å². The fraction of sp³-hybridized carbons (Fsp3) is 0.160. The van der Waals surface area contributed by atoms with Gasteiger partial charge in [-0.25, -0.2) is 0 Å². The zero-order valence-electron chi connectivity index (χ0n) is 18.0. The van der Waals surface area contributed by atoms with Crippen molar-refractivity contribution in [1.29, 1.82) is 0 Å². The Bertz CT molecular complexity index is 1230. The Kier molecular flexibility index (Phi) is 6.72. The summed E-state index contributed by atoms with van der Waals surface area (Å²) in [4.78, 5) is 37.7. The fourth-order valence-electron chi connectivity index (χ4n) is 3.38. The molecule has 0 spiro atoms. The summed E-state index contributed by atoms with van der Waals surface area (Å²) in [7, 11) is 0. The summed E-state index contributed by atoms with van der Waals surface area (Å²) in [6.07, 6.45) is 6.24. The molecule has 0 bridgehead atoms. The van der Waals surface area contributed by atoms with Crippen molar-refractivity contribution < 1.29 is 23.9 Å². The van der Waals surface area contributed by atoms with Gasteiger partial charge in [0, 0.05) is 11.1 Å². The van der Waals surface area contributed by atoms with Crippen molar-refractivity contribution in [2.75, 3.05) is 6.79 Å². The number of thioether (sulfide) groups is 1. The van der Waals surface area contributed by atoms with Gasteiger partial charge in [-0.05, 0) is 71.7 Å². The monoisotopic (exact) mass is 481 g/mol. The first kappa shape index (κ1) is 22.9. The van der Waals surface area contributed by atoms with Crippen LogP contribution in [0.15, 0.2) is 58.5 Å². The SMILES string of the molecule is C/C(C=O)=C\c1ccc(/C=C(C)/C=C2\SC(=O)N(Cc3cc4c(cc3Cl)OCO4)C2=O)cc1. The van der Waals surface area contributed by atoms with Gasteiger partial charge in [0.25, 0.3) is 11.1 Å². The molecule has 2 aromatic rings. The molecule has 2 heterocycles. The quantitative estimate of drug-likeness (QED) is 0.380. The van der Waals surface area contributed by atoms with Gasteiger partial charge in [0.05, 0.1) is 11.4 Å². The summed E-state index contributed by atoms with van der Waals surface area (Å²) in [5, 5.41) is 0.0504. The number of fused-ring (bicyclic) bond motifs is 1. The maximum Gasteiger partial charge on any atom is 0.293 e. The van der Waals surface area contributed by atoms with E-state index in [1.807, 2.05) is 37.3 Å². The van der Waals surface area contributed by atoms with Crippen LogP contribution in [0.1, 0.15) is 30.5 Å². The molecule has 0 N–H and O–H groups in total. The number of allylic oxidation sites excluding steroid dienone is 3. The fourth-order valence-corrected chi connectivity index (χ4v) is 4.49. The van der Waals surface area contributed by atoms with Gasteiger partial charge in [-0.1, -0.05) is 41.9 Å². The first-order valence-electron chi connectivity index (χ1n) is 10.1. The molecule has 4 rings (SSSR count). The predicted octanol–water partition coefficient (Wildman–Crippen LogP) is 5.85. The molecule has 1 saturated heterocycles. The smallest absolute Gasteiger partial charge is 0.293 e. The van der Waals surface area contributed by atoms with Crippen molar-refractivity contribution >= 4 is 52.9 Å². The summed E-state index contributed by atoms with van der Waals surface area (Å²) < 4.78 is 10.7. The molecule has 0 saturated carbocycles. The van der Waals surface area contributed by atoms with E-state index in [1.54, 1.807) is 31.2 Å². The van der Waals surface area contributed by atoms with E-state index >= 15 is 0 Å². The Morgan fingerprint density at radius 3 is 2.27 bits per heavy atom. The van der Waals surface area contributed by atoms with E-state index in [0.29, 0.717) is 32.6 Å². The van der Waals surface area contributed by atoms with Crippen molar-refractivity contribution in [1.82, 2.24) is 4.90 Å². The minimum Gasteiger partial charge on any atom is -0.454 e. The number of carbonyl (C=O) groups excluding carboxylic acids is 3. The van der Waals surface area contributed by atoms with Crippen LogP contribution in [0.5, 0.6) is 11.5 Å². The standard InChI is InChI=1S/C25H20ClNO5S/c1-15(7-17-3-5-18(6-4-17)8-16(2)13-28)9-23-24(29)27(25(30)33-23)12-19-10-21-22(11-20(19)26)32-14-31-21/h3-11,13H,12,14H2,1-2H3/b15-7+,16-8+,23-9-. The minimum atomic E-state index is -0.365. The number of hydrogen-bond donors (Lipinski definition) is 0. The van der Waals surface area contributed by atoms with Gasteiger partial charge >= 0.3 is 0 Å². The average molecular weight is 482 g/mol. The number of halogens is 1. The van der Waals surface area contributed by atoms with Crippen LogP contribution in [0.25, 0.3) is 12.2 Å². The highest BCUT2D eigenvalue weighted by Crippen LogP contribution is 2.39. The molecule has 2 aromatic carbocycles. The third-order valence-electron chi connectivity index (χ3n) is 5.01. The number of hydrogen-bond acceptors (Lipinski definition) is 6. The minimum absolute atomic E-state index is 0.0510. The van der Waals surface area contributed by atoms with E-state index in [1.165, 1.54) is 4.90 Å². The summed E-state index contributed by atoms with van der Waals surface area (Å²) in [6.45, 7) is 3.78. The molecule has 0 atom stereocenters. The van der Waals surface area contributed by atoms with Gasteiger partial charge in [-0.15, -0.1) is 0 Å². The van der Waals surface area contributed by atoms with Gasteiger partial charge in [-0.3, -0.25) is 19.3 Å². The molecule has 33 heavy (non-hydrogen) atoms. The van der Waals surface area contributed by atoms with Crippen LogP contribution in [-0.4, -0.2) is 29.1 Å². The van der Waals surface area contributed by atoms with E-state index < -0.39 is 0 Å². The second-order valence-corrected chi connectivity index (χ2v) is 9.03. The van der Waals surface area contributed by atoms with Crippen LogP contribution in [0.3, 0.4) is 0 Å². The van der Waals surface area contributed by atoms with Gasteiger partial charge in [0.2, 0.25) is 6.79 Å². The van der Waals surface area contributed by atoms with E-state index in [4.69, 9.17) is 21.1 Å². The van der Waals surface area contributed by atoms with E-state index in [2.05, 4.69) is 0 Å². The van der Waals surface area contributed by atoms with Crippen molar-refractivity contribution in [2.45, 2.75) is 20.4 Å². The predicted molar refractivity (Wildman–Crippen MR) is 129 cm³/mol. The molecule has 0 unspecified atom stereocenters. The average Bonchev–Trinajstić information content (AvgIpc) is 3.34. The first-order chi connectivity index (χ1) is 15.8. The van der Waals surface area contributed by atoms with E-state index in [9.17, 15) is 14.4 Å². The Morgan fingerprint density at radius 1 is 1.03 bits per heavy atom. The van der Waals surface area contributed by atoms with Crippen LogP contribution < -0.4 is 9.47 Å². The normalized spacial score (nSPS) is 17.3. The second kappa shape index (κ2) is 9.68. The molecule has 168 valence electrons. The molecule has 2 aliphatic rings. The number of aldehydes is 1. The molecule has 0 radical (unpaired) electrons. The third-order valence-corrected chi connectivity index (χ3v) is 6.27. The number of amides is 2. The van der Waals surface area contributed by atoms with Crippen LogP contribution in [0, 0.1) is 0 Å². The molecule has 2 amide bonds. The lowest BCUT2D eigenvalue weighted by Crippen LogP contribution is -2.27. The Labute approximate surface area is 200 Å². The Balaban J connectivity index is 1.49. The highest BCUT2D eigenvalue weighted by Gasteiger charge is 2.35. The van der Waals surface area contributed by atoms with Crippen LogP contribution in [0.2, 0.25) is 5.02 Å². The summed E-state index contributed by atoms with van der Waals surface area (Å²) >= 11 is 7.20. The van der Waals surface area contributed by atoms with Crippen molar-refractivity contribution in [3.63, 3.8) is 0 Å². The highest BCUT2D eigenvalue weighted by atomic mass is 35.5. The van der Waals surface area contributed by atoms with E-state index in [-0.39, 0.29) is 24.5 Å². The molecular formula is C25H20ClNO5S. The van der Waals surface area contributed by atoms with Crippen LogP contribution in [-0.2, 0) is 16.1 Å². The largest absolute Gasteiger partial charge is 0.454 e. The number of carbonyl (C=O) groups is 3. The molecule has 2 aliphatic heterocycles. The van der Waals surface area contributed by atoms with Crippen molar-refractivity contribution in [3.05, 3.63) is 80.2 Å². The topological polar surface area (TPSA) is 72.9 Å². The third kappa shape index (κ3) is 5.21. The van der Waals surface area contributed by atoms with Crippen LogP contribution >= 0.6 is 23.4 Å². The summed E-state index contributed by atoms with van der Waals surface area (Å²) in [5.41, 5.74) is 3.95.